The number of rotatable bonds is 5. The summed E-state index contributed by atoms with van der Waals surface area (Å²) in [6, 6.07) is 3.89. The number of carbonyl (C=O) groups is 1. The Hall–Kier alpha value is -1.64. The van der Waals surface area contributed by atoms with E-state index in [4.69, 9.17) is 21.9 Å². The quantitative estimate of drug-likeness (QED) is 0.429. The van der Waals surface area contributed by atoms with E-state index in [2.05, 4.69) is 10.5 Å². The van der Waals surface area contributed by atoms with Crippen molar-refractivity contribution in [3.05, 3.63) is 23.2 Å². The fraction of sp³-hybridized carbons (Fsp3) is 0.200. The summed E-state index contributed by atoms with van der Waals surface area (Å²) in [5.74, 6) is -0.530. The molecule has 4 N–H and O–H groups in total. The molecule has 0 saturated carbocycles. The summed E-state index contributed by atoms with van der Waals surface area (Å²) in [5.41, 5.74) is 8.24. The first-order valence-corrected chi connectivity index (χ1v) is 6.86. The van der Waals surface area contributed by atoms with E-state index in [0.29, 0.717) is 11.4 Å². The maximum atomic E-state index is 11.0. The smallest absolute Gasteiger partial charge is 0.296 e. The van der Waals surface area contributed by atoms with E-state index >= 15 is 0 Å². The highest BCUT2D eigenvalue weighted by atomic mass is 35.5. The van der Waals surface area contributed by atoms with Gasteiger partial charge in [0, 0.05) is 5.71 Å². The largest absolute Gasteiger partial charge is 0.369 e. The summed E-state index contributed by atoms with van der Waals surface area (Å²) < 4.78 is 31.0. The minimum absolute atomic E-state index is 0.0221. The van der Waals surface area contributed by atoms with E-state index in [1.807, 2.05) is 0 Å². The SMILES string of the molecule is C/C(CC(N)=O)=N/Nc1ccc(Cl)c(S(=O)(=O)O)c1. The van der Waals surface area contributed by atoms with Gasteiger partial charge in [0.1, 0.15) is 4.90 Å². The number of carbonyl (C=O) groups excluding carboxylic acids is 1. The molecule has 7 nitrogen and oxygen atoms in total. The van der Waals surface area contributed by atoms with Crippen LogP contribution >= 0.6 is 11.6 Å². The maximum Gasteiger partial charge on any atom is 0.296 e. The number of halogens is 1. The van der Waals surface area contributed by atoms with Crippen molar-refractivity contribution in [1.29, 1.82) is 0 Å². The average molecular weight is 306 g/mol. The van der Waals surface area contributed by atoms with Gasteiger partial charge in [-0.05, 0) is 25.1 Å². The number of nitrogens with two attached hydrogens (primary N) is 1. The third-order valence-electron chi connectivity index (χ3n) is 2.02. The minimum Gasteiger partial charge on any atom is -0.369 e. The predicted octanol–water partition coefficient (Wildman–Crippen LogP) is 1.25. The molecular formula is C10H12ClN3O4S. The molecule has 0 unspecified atom stereocenters. The molecule has 0 fully saturated rings. The van der Waals surface area contributed by atoms with Crippen molar-refractivity contribution >= 4 is 39.0 Å². The van der Waals surface area contributed by atoms with Crippen molar-refractivity contribution in [3.63, 3.8) is 0 Å². The summed E-state index contributed by atoms with van der Waals surface area (Å²) in [6.07, 6.45) is -0.0221. The second-order valence-electron chi connectivity index (χ2n) is 3.72. The number of amides is 1. The van der Waals surface area contributed by atoms with Crippen LogP contribution in [-0.4, -0.2) is 24.6 Å². The van der Waals surface area contributed by atoms with E-state index in [1.165, 1.54) is 12.1 Å². The molecule has 0 bridgehead atoms. The first kappa shape index (κ1) is 15.4. The zero-order chi connectivity index (χ0) is 14.6. The van der Waals surface area contributed by atoms with Crippen molar-refractivity contribution in [1.82, 2.24) is 0 Å². The van der Waals surface area contributed by atoms with E-state index < -0.39 is 20.9 Å². The van der Waals surface area contributed by atoms with Crippen LogP contribution in [0.5, 0.6) is 0 Å². The van der Waals surface area contributed by atoms with Crippen LogP contribution in [0.15, 0.2) is 28.2 Å². The zero-order valence-electron chi connectivity index (χ0n) is 9.92. The lowest BCUT2D eigenvalue weighted by atomic mass is 10.3. The van der Waals surface area contributed by atoms with Gasteiger partial charge in [-0.25, -0.2) is 0 Å². The first-order valence-electron chi connectivity index (χ1n) is 5.04. The molecule has 104 valence electrons. The van der Waals surface area contributed by atoms with Gasteiger partial charge >= 0.3 is 0 Å². The van der Waals surface area contributed by atoms with Crippen LogP contribution in [0.25, 0.3) is 0 Å². The Morgan fingerprint density at radius 1 is 1.53 bits per heavy atom. The summed E-state index contributed by atoms with van der Waals surface area (Å²) >= 11 is 5.65. The molecule has 0 spiro atoms. The lowest BCUT2D eigenvalue weighted by Crippen LogP contribution is -2.15. The Labute approximate surface area is 115 Å². The highest BCUT2D eigenvalue weighted by Gasteiger charge is 2.14. The number of hydrogen-bond acceptors (Lipinski definition) is 5. The van der Waals surface area contributed by atoms with Gasteiger partial charge in [0.2, 0.25) is 5.91 Å². The number of primary amides is 1. The molecule has 19 heavy (non-hydrogen) atoms. The molecule has 1 aromatic carbocycles. The maximum absolute atomic E-state index is 11.0. The summed E-state index contributed by atoms with van der Waals surface area (Å²) in [4.78, 5) is 10.2. The Kier molecular flexibility index (Phi) is 4.87. The lowest BCUT2D eigenvalue weighted by Gasteiger charge is -2.05. The van der Waals surface area contributed by atoms with Crippen molar-refractivity contribution in [2.45, 2.75) is 18.2 Å². The predicted molar refractivity (Wildman–Crippen MR) is 71.8 cm³/mol. The van der Waals surface area contributed by atoms with Gasteiger partial charge in [-0.1, -0.05) is 11.6 Å². The number of hydrogen-bond donors (Lipinski definition) is 3. The normalized spacial score (nSPS) is 12.3. The molecule has 9 heteroatoms. The zero-order valence-corrected chi connectivity index (χ0v) is 11.5. The van der Waals surface area contributed by atoms with Gasteiger partial charge in [0.25, 0.3) is 10.1 Å². The van der Waals surface area contributed by atoms with Gasteiger partial charge in [-0.3, -0.25) is 14.8 Å². The molecule has 0 aliphatic rings. The molecular weight excluding hydrogens is 294 g/mol. The van der Waals surface area contributed by atoms with Crippen molar-refractivity contribution < 1.29 is 17.8 Å². The molecule has 0 radical (unpaired) electrons. The topological polar surface area (TPSA) is 122 Å². The van der Waals surface area contributed by atoms with Crippen molar-refractivity contribution in [2.75, 3.05) is 5.43 Å². The van der Waals surface area contributed by atoms with Gasteiger partial charge < -0.3 is 5.73 Å². The van der Waals surface area contributed by atoms with Crippen LogP contribution < -0.4 is 11.2 Å². The standard InChI is InChI=1S/C10H12ClN3O4S/c1-6(4-10(12)15)13-14-7-2-3-8(11)9(5-7)19(16,17)18/h2-3,5,14H,4H2,1H3,(H2,12,15)(H,16,17,18)/b13-6-. The van der Waals surface area contributed by atoms with Crippen LogP contribution in [0.3, 0.4) is 0 Å². The summed E-state index contributed by atoms with van der Waals surface area (Å²) in [7, 11) is -4.41. The van der Waals surface area contributed by atoms with Gasteiger partial charge in [-0.15, -0.1) is 0 Å². The minimum atomic E-state index is -4.41. The highest BCUT2D eigenvalue weighted by molar-refractivity contribution is 7.86. The number of nitrogens with zero attached hydrogens (tertiary/aromatic N) is 1. The number of hydrazone groups is 1. The van der Waals surface area contributed by atoms with Gasteiger partial charge in [-0.2, -0.15) is 13.5 Å². The lowest BCUT2D eigenvalue weighted by molar-refractivity contribution is -0.116. The van der Waals surface area contributed by atoms with Crippen molar-refractivity contribution in [3.8, 4) is 0 Å². The fourth-order valence-electron chi connectivity index (χ4n) is 1.22. The average Bonchev–Trinajstić information content (AvgIpc) is 2.25. The highest BCUT2D eigenvalue weighted by Crippen LogP contribution is 2.24. The monoisotopic (exact) mass is 305 g/mol. The first-order chi connectivity index (χ1) is 8.70. The molecule has 0 aliphatic carbocycles. The molecule has 0 aromatic heterocycles. The second-order valence-corrected chi connectivity index (χ2v) is 5.52. The Bertz CT molecular complexity index is 628. The molecule has 1 aromatic rings. The Balaban J connectivity index is 2.96. The second kappa shape index (κ2) is 6.00. The molecule has 1 rings (SSSR count). The number of anilines is 1. The van der Waals surface area contributed by atoms with Crippen LogP contribution in [0.1, 0.15) is 13.3 Å². The van der Waals surface area contributed by atoms with E-state index in [0.717, 1.165) is 6.07 Å². The Morgan fingerprint density at radius 2 is 2.16 bits per heavy atom. The molecule has 0 saturated heterocycles. The molecule has 0 heterocycles. The molecule has 0 atom stereocenters. The third-order valence-corrected chi connectivity index (χ3v) is 3.35. The number of nitrogens with one attached hydrogen (secondary N) is 1. The van der Waals surface area contributed by atoms with E-state index in [1.54, 1.807) is 6.92 Å². The number of benzene rings is 1. The summed E-state index contributed by atoms with van der Waals surface area (Å²) in [6.45, 7) is 1.58. The van der Waals surface area contributed by atoms with E-state index in [-0.39, 0.29) is 11.4 Å². The van der Waals surface area contributed by atoms with E-state index in [9.17, 15) is 13.2 Å². The van der Waals surface area contributed by atoms with Gasteiger partial charge in [0.05, 0.1) is 17.1 Å². The van der Waals surface area contributed by atoms with Crippen LogP contribution in [0.2, 0.25) is 5.02 Å². The molecule has 0 aliphatic heterocycles. The third kappa shape index (κ3) is 4.86. The summed E-state index contributed by atoms with van der Waals surface area (Å²) in [5, 5.41) is 3.73. The Morgan fingerprint density at radius 3 is 2.68 bits per heavy atom. The van der Waals surface area contributed by atoms with Crippen LogP contribution in [0.4, 0.5) is 5.69 Å². The van der Waals surface area contributed by atoms with Crippen LogP contribution in [-0.2, 0) is 14.9 Å². The fourth-order valence-corrected chi connectivity index (χ4v) is 2.22. The molecule has 1 amide bonds. The van der Waals surface area contributed by atoms with Crippen molar-refractivity contribution in [2.24, 2.45) is 10.8 Å². The van der Waals surface area contributed by atoms with Gasteiger partial charge in [0.15, 0.2) is 0 Å². The van der Waals surface area contributed by atoms with Crippen LogP contribution in [0, 0.1) is 0 Å².